The Labute approximate surface area is 211 Å². The van der Waals surface area contributed by atoms with Crippen LogP contribution in [0.1, 0.15) is 22.8 Å². The molecule has 0 saturated carbocycles. The Bertz CT molecular complexity index is 1280. The van der Waals surface area contributed by atoms with Gasteiger partial charge >= 0.3 is 0 Å². The predicted molar refractivity (Wildman–Crippen MR) is 133 cm³/mol. The zero-order chi connectivity index (χ0) is 26.4. The average molecular weight is 514 g/mol. The van der Waals surface area contributed by atoms with E-state index in [1.807, 2.05) is 0 Å². The Kier molecular flexibility index (Phi) is 8.65. The average Bonchev–Trinajstić information content (AvgIpc) is 2.87. The summed E-state index contributed by atoms with van der Waals surface area (Å²) < 4.78 is 33.2. The van der Waals surface area contributed by atoms with Gasteiger partial charge in [-0.1, -0.05) is 24.3 Å². The molecule has 0 aliphatic carbocycles. The normalized spacial score (nSPS) is 11.6. The number of halogens is 2. The maximum absolute atomic E-state index is 13.8. The van der Waals surface area contributed by atoms with Gasteiger partial charge in [0.2, 0.25) is 11.8 Å². The highest BCUT2D eigenvalue weighted by atomic mass is 32.2. The SMILES string of the molecule is CSc1cc(F)c(F)cc1-c1ccc(OCc2cccc(C(=O)N(CC(N)=O)[C@@H](C)C(N)=O)c2)cc1. The minimum Gasteiger partial charge on any atom is -0.489 e. The standard InChI is InChI=1S/C26H25F2N3O4S/c1-15(25(30)33)31(13-24(29)32)26(34)18-5-3-4-16(10-18)14-35-19-8-6-17(7-9-19)20-11-21(27)22(28)12-23(20)36-2/h3-12,15H,13-14H2,1-2H3,(H2,29,32)(H2,30,33)/t15-/m0/s1. The molecule has 36 heavy (non-hydrogen) atoms. The second kappa shape index (κ2) is 11.7. The highest BCUT2D eigenvalue weighted by molar-refractivity contribution is 7.98. The summed E-state index contributed by atoms with van der Waals surface area (Å²) in [5, 5.41) is 0. The van der Waals surface area contributed by atoms with Gasteiger partial charge in [0.05, 0.1) is 0 Å². The van der Waals surface area contributed by atoms with Gasteiger partial charge in [0.25, 0.3) is 5.91 Å². The van der Waals surface area contributed by atoms with Crippen LogP contribution in [-0.4, -0.2) is 41.5 Å². The number of carbonyl (C=O) groups excluding carboxylic acids is 3. The number of thioether (sulfide) groups is 1. The van der Waals surface area contributed by atoms with Gasteiger partial charge in [-0.3, -0.25) is 14.4 Å². The molecule has 0 aliphatic heterocycles. The molecule has 0 unspecified atom stereocenters. The Morgan fingerprint density at radius 1 is 1.00 bits per heavy atom. The first kappa shape index (κ1) is 26.7. The van der Waals surface area contributed by atoms with Crippen molar-refractivity contribution in [2.75, 3.05) is 12.8 Å². The van der Waals surface area contributed by atoms with E-state index < -0.39 is 41.9 Å². The van der Waals surface area contributed by atoms with Crippen molar-refractivity contribution in [1.82, 2.24) is 4.90 Å². The molecule has 3 aromatic carbocycles. The van der Waals surface area contributed by atoms with E-state index in [-0.39, 0.29) is 12.2 Å². The lowest BCUT2D eigenvalue weighted by molar-refractivity contribution is -0.124. The third-order valence-electron chi connectivity index (χ3n) is 5.45. The van der Waals surface area contributed by atoms with Crippen molar-refractivity contribution in [2.24, 2.45) is 11.5 Å². The van der Waals surface area contributed by atoms with Crippen molar-refractivity contribution >= 4 is 29.5 Å². The molecule has 4 N–H and O–H groups in total. The van der Waals surface area contributed by atoms with E-state index in [2.05, 4.69) is 0 Å². The monoisotopic (exact) mass is 513 g/mol. The first-order valence-electron chi connectivity index (χ1n) is 10.8. The maximum atomic E-state index is 13.8. The van der Waals surface area contributed by atoms with E-state index in [0.29, 0.717) is 27.3 Å². The number of ether oxygens (including phenoxy) is 1. The first-order valence-corrected chi connectivity index (χ1v) is 12.1. The third-order valence-corrected chi connectivity index (χ3v) is 6.23. The first-order chi connectivity index (χ1) is 17.1. The van der Waals surface area contributed by atoms with E-state index in [4.69, 9.17) is 16.2 Å². The van der Waals surface area contributed by atoms with E-state index in [1.54, 1.807) is 54.8 Å². The van der Waals surface area contributed by atoms with Gasteiger partial charge in [0, 0.05) is 10.5 Å². The predicted octanol–water partition coefficient (Wildman–Crippen LogP) is 3.73. The summed E-state index contributed by atoms with van der Waals surface area (Å²) in [5.41, 5.74) is 12.7. The van der Waals surface area contributed by atoms with Crippen LogP contribution >= 0.6 is 11.8 Å². The lowest BCUT2D eigenvalue weighted by Gasteiger charge is -2.26. The van der Waals surface area contributed by atoms with Crippen LogP contribution in [0.2, 0.25) is 0 Å². The number of hydrogen-bond donors (Lipinski definition) is 2. The van der Waals surface area contributed by atoms with Gasteiger partial charge in [-0.15, -0.1) is 11.8 Å². The summed E-state index contributed by atoms with van der Waals surface area (Å²) in [6, 6.07) is 14.8. The molecule has 0 bridgehead atoms. The largest absolute Gasteiger partial charge is 0.489 e. The quantitative estimate of drug-likeness (QED) is 0.401. The molecule has 0 aromatic heterocycles. The van der Waals surface area contributed by atoms with Crippen molar-refractivity contribution in [3.05, 3.63) is 83.4 Å². The van der Waals surface area contributed by atoms with Crippen molar-refractivity contribution in [2.45, 2.75) is 24.5 Å². The summed E-state index contributed by atoms with van der Waals surface area (Å²) in [5.74, 6) is -3.39. The fourth-order valence-electron chi connectivity index (χ4n) is 3.49. The highest BCUT2D eigenvalue weighted by Crippen LogP contribution is 2.33. The molecule has 0 spiro atoms. The molecular formula is C26H25F2N3O4S. The fraction of sp³-hybridized carbons (Fsp3) is 0.192. The number of rotatable bonds is 10. The van der Waals surface area contributed by atoms with Gasteiger partial charge in [0.15, 0.2) is 11.6 Å². The molecule has 10 heteroatoms. The van der Waals surface area contributed by atoms with E-state index >= 15 is 0 Å². The van der Waals surface area contributed by atoms with Crippen LogP contribution in [0.25, 0.3) is 11.1 Å². The summed E-state index contributed by atoms with van der Waals surface area (Å²) >= 11 is 1.32. The molecule has 3 aromatic rings. The van der Waals surface area contributed by atoms with Crippen LogP contribution in [-0.2, 0) is 16.2 Å². The van der Waals surface area contributed by atoms with Crippen LogP contribution in [0.15, 0.2) is 65.6 Å². The fourth-order valence-corrected chi connectivity index (χ4v) is 4.10. The molecule has 7 nitrogen and oxygen atoms in total. The maximum Gasteiger partial charge on any atom is 0.255 e. The Balaban J connectivity index is 1.73. The van der Waals surface area contributed by atoms with Gasteiger partial charge < -0.3 is 21.1 Å². The van der Waals surface area contributed by atoms with Gasteiger partial charge in [-0.2, -0.15) is 0 Å². The van der Waals surface area contributed by atoms with Crippen LogP contribution in [0, 0.1) is 11.6 Å². The molecule has 0 aliphatic rings. The summed E-state index contributed by atoms with van der Waals surface area (Å²) in [7, 11) is 0. The molecule has 0 fully saturated rings. The number of benzene rings is 3. The van der Waals surface area contributed by atoms with Crippen LogP contribution in [0.4, 0.5) is 8.78 Å². The smallest absolute Gasteiger partial charge is 0.255 e. The Morgan fingerprint density at radius 3 is 2.28 bits per heavy atom. The number of nitrogens with two attached hydrogens (primary N) is 2. The van der Waals surface area contributed by atoms with Crippen molar-refractivity contribution in [1.29, 1.82) is 0 Å². The van der Waals surface area contributed by atoms with E-state index in [1.165, 1.54) is 30.8 Å². The highest BCUT2D eigenvalue weighted by Gasteiger charge is 2.26. The molecule has 188 valence electrons. The minimum absolute atomic E-state index is 0.128. The molecule has 0 heterocycles. The molecule has 1 atom stereocenters. The summed E-state index contributed by atoms with van der Waals surface area (Å²) in [6.45, 7) is 1.09. The number of carbonyl (C=O) groups is 3. The van der Waals surface area contributed by atoms with Gasteiger partial charge in [-0.05, 0) is 66.3 Å². The van der Waals surface area contributed by atoms with Crippen molar-refractivity contribution < 1.29 is 27.9 Å². The Hall–Kier alpha value is -3.92. The number of primary amides is 2. The lowest BCUT2D eigenvalue weighted by atomic mass is 10.1. The zero-order valence-corrected chi connectivity index (χ0v) is 20.5. The summed E-state index contributed by atoms with van der Waals surface area (Å²) in [6.07, 6.45) is 1.79. The second-order valence-corrected chi connectivity index (χ2v) is 8.81. The topological polar surface area (TPSA) is 116 Å². The third kappa shape index (κ3) is 6.39. The summed E-state index contributed by atoms with van der Waals surface area (Å²) in [4.78, 5) is 37.6. The minimum atomic E-state index is -1.02. The number of amides is 3. The zero-order valence-electron chi connectivity index (χ0n) is 19.7. The molecule has 3 rings (SSSR count). The molecular weight excluding hydrogens is 488 g/mol. The van der Waals surface area contributed by atoms with Crippen LogP contribution in [0.3, 0.4) is 0 Å². The van der Waals surface area contributed by atoms with E-state index in [0.717, 1.165) is 4.90 Å². The molecule has 0 saturated heterocycles. The van der Waals surface area contributed by atoms with Gasteiger partial charge in [0.1, 0.15) is 24.9 Å². The number of hydrogen-bond acceptors (Lipinski definition) is 5. The molecule has 3 amide bonds. The van der Waals surface area contributed by atoms with Gasteiger partial charge in [-0.25, -0.2) is 8.78 Å². The van der Waals surface area contributed by atoms with Crippen molar-refractivity contribution in [3.63, 3.8) is 0 Å². The lowest BCUT2D eigenvalue weighted by Crippen LogP contribution is -2.49. The van der Waals surface area contributed by atoms with Crippen LogP contribution in [0.5, 0.6) is 5.75 Å². The van der Waals surface area contributed by atoms with E-state index in [9.17, 15) is 23.2 Å². The van der Waals surface area contributed by atoms with Crippen molar-refractivity contribution in [3.8, 4) is 16.9 Å². The second-order valence-electron chi connectivity index (χ2n) is 7.96. The van der Waals surface area contributed by atoms with Crippen LogP contribution < -0.4 is 16.2 Å². The Morgan fingerprint density at radius 2 is 1.67 bits per heavy atom. The molecule has 0 radical (unpaired) electrons. The number of nitrogens with zero attached hydrogens (tertiary/aromatic N) is 1.